The molecule has 0 aliphatic carbocycles. The van der Waals surface area contributed by atoms with E-state index in [9.17, 15) is 0 Å². The molecule has 0 aromatic heterocycles. The zero-order chi connectivity index (χ0) is 49.6. The topological polar surface area (TPSA) is 13.0 Å². The average Bonchev–Trinajstić information content (AvgIpc) is 3.37. The van der Waals surface area contributed by atoms with E-state index in [0.29, 0.717) is 0 Å². The summed E-state index contributed by atoms with van der Waals surface area (Å²) < 4.78 is 0. The first-order chi connectivity index (χ1) is 34.5. The molecule has 4 nitrogen and oxygen atoms in total. The Labute approximate surface area is 422 Å². The molecule has 0 spiro atoms. The van der Waals surface area contributed by atoms with Gasteiger partial charge in [0.15, 0.2) is 0 Å². The van der Waals surface area contributed by atoms with Crippen molar-refractivity contribution in [2.75, 3.05) is 19.6 Å². The van der Waals surface area contributed by atoms with Crippen molar-refractivity contribution in [3.63, 3.8) is 0 Å². The number of allylic oxidation sites excluding steroid dienone is 2. The van der Waals surface area contributed by atoms with Crippen LogP contribution in [0.2, 0.25) is 0 Å². The van der Waals surface area contributed by atoms with E-state index in [0.717, 1.165) is 109 Å². The van der Waals surface area contributed by atoms with E-state index < -0.39 is 0 Å². The maximum Gasteiger partial charge on any atom is 0.0495 e. The number of hydrogen-bond donors (Lipinski definition) is 0. The number of para-hydroxylation sites is 3. The highest BCUT2D eigenvalue weighted by atomic mass is 15.2. The van der Waals surface area contributed by atoms with Gasteiger partial charge in [0.2, 0.25) is 0 Å². The average molecular weight is 925 g/mol. The van der Waals surface area contributed by atoms with Gasteiger partial charge in [0.25, 0.3) is 0 Å². The second kappa shape index (κ2) is 21.1. The van der Waals surface area contributed by atoms with Crippen LogP contribution in [0, 0.1) is 48.5 Å². The lowest BCUT2D eigenvalue weighted by molar-refractivity contribution is 1.15. The first kappa shape index (κ1) is 47.7. The van der Waals surface area contributed by atoms with Crippen LogP contribution in [0.4, 0.5) is 68.2 Å². The highest BCUT2D eigenvalue weighted by molar-refractivity contribution is 5.90. The second-order valence-corrected chi connectivity index (χ2v) is 18.8. The molecular weight excluding hydrogens is 861 g/mol. The number of anilines is 12. The van der Waals surface area contributed by atoms with Crippen molar-refractivity contribution in [3.05, 3.63) is 276 Å². The first-order valence-electron chi connectivity index (χ1n) is 24.7. The minimum Gasteiger partial charge on any atom is -0.310 e. The Hall–Kier alpha value is -8.34. The molecule has 0 aliphatic heterocycles. The van der Waals surface area contributed by atoms with Gasteiger partial charge >= 0.3 is 0 Å². The van der Waals surface area contributed by atoms with Crippen molar-refractivity contribution in [2.45, 2.75) is 61.3 Å². The van der Waals surface area contributed by atoms with Gasteiger partial charge in [-0.2, -0.15) is 0 Å². The van der Waals surface area contributed by atoms with Gasteiger partial charge in [-0.1, -0.05) is 103 Å². The van der Waals surface area contributed by atoms with Gasteiger partial charge in [-0.25, -0.2) is 0 Å². The normalized spacial score (nSPS) is 11.0. The number of aryl methyl sites for hydroxylation is 7. The Morgan fingerprint density at radius 1 is 0.282 bits per heavy atom. The summed E-state index contributed by atoms with van der Waals surface area (Å²) in [4.78, 5) is 9.69. The molecule has 0 heterocycles. The zero-order valence-electron chi connectivity index (χ0n) is 42.3. The summed E-state index contributed by atoms with van der Waals surface area (Å²) >= 11 is 0. The standard InChI is InChI=1S/C67H64N4/c1-10-24-54-27-22-36-60(45-54)69(57-31-17-13-18-32-57)63-40-52(8)66(43-49(63)5)71(65-42-48(4)62(39-51(65)7)68(56-29-15-12-16-30-56)59-35-21-26-47(3)38-59)67-44-50(6)64(41-53(67)9)70(58-33-19-14-20-34-58)61-37-23-28-55(46-61)25-11-2/h10-23,26-46H,1-2,24-25H2,3-9H3. The Kier molecular flexibility index (Phi) is 14.2. The molecule has 0 atom stereocenters. The molecule has 4 heteroatoms. The smallest absolute Gasteiger partial charge is 0.0495 e. The predicted octanol–water partition coefficient (Wildman–Crippen LogP) is 19.2. The number of benzene rings is 9. The van der Waals surface area contributed by atoms with Crippen LogP contribution < -0.4 is 19.6 Å². The Morgan fingerprint density at radius 2 is 0.549 bits per heavy atom. The van der Waals surface area contributed by atoms with E-state index in [1.807, 2.05) is 12.2 Å². The minimum absolute atomic E-state index is 0.802. The highest BCUT2D eigenvalue weighted by Gasteiger charge is 2.26. The van der Waals surface area contributed by atoms with Crippen LogP contribution in [0.15, 0.2) is 226 Å². The Morgan fingerprint density at radius 3 is 0.845 bits per heavy atom. The van der Waals surface area contributed by atoms with Gasteiger partial charge in [0, 0.05) is 68.2 Å². The molecule has 9 aromatic carbocycles. The third-order valence-corrected chi connectivity index (χ3v) is 13.4. The number of hydrogen-bond acceptors (Lipinski definition) is 4. The second-order valence-electron chi connectivity index (χ2n) is 18.8. The lowest BCUT2D eigenvalue weighted by Gasteiger charge is -2.35. The molecule has 0 radical (unpaired) electrons. The van der Waals surface area contributed by atoms with Gasteiger partial charge in [-0.3, -0.25) is 0 Å². The SMILES string of the molecule is C=CCc1cccc(N(c2ccccc2)c2cc(C)c(N(c3cc(C)c(N(c4ccccc4)c4cccc(C)c4)cc3C)c3cc(C)c(N(c4ccccc4)c4cccc(CC=C)c4)cc3C)cc2C)c1. The molecule has 0 amide bonds. The Balaban J connectivity index is 1.26. The quantitative estimate of drug-likeness (QED) is 0.0895. The summed E-state index contributed by atoms with van der Waals surface area (Å²) in [5, 5.41) is 0. The van der Waals surface area contributed by atoms with Crippen molar-refractivity contribution in [1.82, 2.24) is 0 Å². The van der Waals surface area contributed by atoms with Crippen LogP contribution in [0.5, 0.6) is 0 Å². The first-order valence-corrected chi connectivity index (χ1v) is 24.7. The highest BCUT2D eigenvalue weighted by Crippen LogP contribution is 2.49. The van der Waals surface area contributed by atoms with E-state index in [-0.39, 0.29) is 0 Å². The lowest BCUT2D eigenvalue weighted by Crippen LogP contribution is -2.18. The van der Waals surface area contributed by atoms with Crippen molar-refractivity contribution in [2.24, 2.45) is 0 Å². The fourth-order valence-corrected chi connectivity index (χ4v) is 9.95. The number of nitrogens with zero attached hydrogens (tertiary/aromatic N) is 4. The predicted molar refractivity (Wildman–Crippen MR) is 306 cm³/mol. The van der Waals surface area contributed by atoms with Gasteiger partial charge in [0.1, 0.15) is 0 Å². The van der Waals surface area contributed by atoms with Crippen molar-refractivity contribution < 1.29 is 0 Å². The molecule has 71 heavy (non-hydrogen) atoms. The maximum absolute atomic E-state index is 4.04. The van der Waals surface area contributed by atoms with Gasteiger partial charge in [-0.15, -0.1) is 13.2 Å². The monoisotopic (exact) mass is 925 g/mol. The van der Waals surface area contributed by atoms with E-state index in [4.69, 9.17) is 0 Å². The summed E-state index contributed by atoms with van der Waals surface area (Å²) in [5.74, 6) is 0. The van der Waals surface area contributed by atoms with Crippen molar-refractivity contribution in [3.8, 4) is 0 Å². The van der Waals surface area contributed by atoms with Crippen LogP contribution >= 0.6 is 0 Å². The summed E-state index contributed by atoms with van der Waals surface area (Å²) in [5.41, 5.74) is 24.1. The van der Waals surface area contributed by atoms with Gasteiger partial charge in [0.05, 0.1) is 0 Å². The molecule has 9 rings (SSSR count). The fraction of sp³-hybridized carbons (Fsp3) is 0.134. The van der Waals surface area contributed by atoms with Gasteiger partial charge < -0.3 is 19.6 Å². The summed E-state index contributed by atoms with van der Waals surface area (Å²) in [6.07, 6.45) is 5.55. The zero-order valence-corrected chi connectivity index (χ0v) is 42.3. The Bertz CT molecular complexity index is 3180. The molecule has 0 saturated carbocycles. The van der Waals surface area contributed by atoms with Crippen molar-refractivity contribution in [1.29, 1.82) is 0 Å². The summed E-state index contributed by atoms with van der Waals surface area (Å²) in [6.45, 7) is 23.8. The van der Waals surface area contributed by atoms with Crippen LogP contribution in [0.1, 0.15) is 50.1 Å². The van der Waals surface area contributed by atoms with Crippen LogP contribution in [-0.2, 0) is 12.8 Å². The van der Waals surface area contributed by atoms with Crippen LogP contribution in [0.3, 0.4) is 0 Å². The van der Waals surface area contributed by atoms with E-state index in [1.165, 1.54) is 22.3 Å². The molecule has 352 valence electrons. The fourth-order valence-electron chi connectivity index (χ4n) is 9.95. The van der Waals surface area contributed by atoms with E-state index in [2.05, 4.69) is 281 Å². The summed E-state index contributed by atoms with van der Waals surface area (Å²) in [7, 11) is 0. The van der Waals surface area contributed by atoms with E-state index >= 15 is 0 Å². The lowest BCUT2D eigenvalue weighted by atomic mass is 9.98. The summed E-state index contributed by atoms with van der Waals surface area (Å²) in [6, 6.07) is 72.9. The third kappa shape index (κ3) is 10.1. The van der Waals surface area contributed by atoms with Crippen molar-refractivity contribution >= 4 is 68.2 Å². The molecule has 0 unspecified atom stereocenters. The van der Waals surface area contributed by atoms with Crippen LogP contribution in [-0.4, -0.2) is 0 Å². The third-order valence-electron chi connectivity index (χ3n) is 13.4. The molecule has 0 saturated heterocycles. The maximum atomic E-state index is 4.04. The molecule has 0 aliphatic rings. The van der Waals surface area contributed by atoms with Gasteiger partial charge in [-0.05, 0) is 221 Å². The molecule has 0 fully saturated rings. The largest absolute Gasteiger partial charge is 0.310 e. The number of rotatable bonds is 16. The molecule has 0 N–H and O–H groups in total. The molecule has 9 aromatic rings. The molecular formula is C67H64N4. The van der Waals surface area contributed by atoms with Crippen LogP contribution in [0.25, 0.3) is 0 Å². The molecule has 0 bridgehead atoms. The van der Waals surface area contributed by atoms with E-state index in [1.54, 1.807) is 0 Å². The minimum atomic E-state index is 0.802.